The van der Waals surface area contributed by atoms with Gasteiger partial charge in [0.1, 0.15) is 0 Å². The molecule has 0 radical (unpaired) electrons. The molecule has 5 atom stereocenters. The first-order chi connectivity index (χ1) is 9.97. The van der Waals surface area contributed by atoms with E-state index in [4.69, 9.17) is 0 Å². The monoisotopic (exact) mass is 292 g/mol. The maximum absolute atomic E-state index is 12.7. The zero-order valence-corrected chi connectivity index (χ0v) is 12.7. The van der Waals surface area contributed by atoms with Gasteiger partial charge < -0.3 is 14.9 Å². The minimum Gasteiger partial charge on any atom is -0.481 e. The highest BCUT2D eigenvalue weighted by Gasteiger charge is 2.52. The van der Waals surface area contributed by atoms with Crippen LogP contribution in [0, 0.1) is 29.6 Å². The van der Waals surface area contributed by atoms with Crippen LogP contribution in [0.15, 0.2) is 12.2 Å². The van der Waals surface area contributed by atoms with Crippen LogP contribution in [0.4, 0.5) is 0 Å². The molecule has 2 bridgehead atoms. The van der Waals surface area contributed by atoms with Crippen LogP contribution in [0.2, 0.25) is 0 Å². The van der Waals surface area contributed by atoms with Crippen LogP contribution in [0.5, 0.6) is 0 Å². The third-order valence-corrected chi connectivity index (χ3v) is 5.43. The summed E-state index contributed by atoms with van der Waals surface area (Å²) in [4.78, 5) is 28.3. The zero-order valence-electron chi connectivity index (χ0n) is 12.7. The lowest BCUT2D eigenvalue weighted by Crippen LogP contribution is -2.43. The molecule has 3 rings (SSSR count). The third-order valence-electron chi connectivity index (χ3n) is 5.43. The minimum atomic E-state index is -0.820. The molecule has 2 aliphatic carbocycles. The molecule has 1 N–H and O–H groups in total. The first-order valence-corrected chi connectivity index (χ1v) is 7.82. The molecule has 1 heterocycles. The number of carbonyl (C=O) groups excluding carboxylic acids is 1. The van der Waals surface area contributed by atoms with E-state index in [2.05, 4.69) is 11.9 Å². The minimum absolute atomic E-state index is 0.0220. The van der Waals surface area contributed by atoms with Gasteiger partial charge in [0.15, 0.2) is 0 Å². The Morgan fingerprint density at radius 1 is 1.29 bits per heavy atom. The summed E-state index contributed by atoms with van der Waals surface area (Å²) in [5.41, 5.74) is 0. The smallest absolute Gasteiger partial charge is 0.307 e. The van der Waals surface area contributed by atoms with Gasteiger partial charge in [-0.2, -0.15) is 0 Å². The van der Waals surface area contributed by atoms with Crippen molar-refractivity contribution in [3.63, 3.8) is 0 Å². The van der Waals surface area contributed by atoms with E-state index in [0.29, 0.717) is 5.92 Å². The molecule has 5 unspecified atom stereocenters. The van der Waals surface area contributed by atoms with Gasteiger partial charge >= 0.3 is 5.97 Å². The van der Waals surface area contributed by atoms with Gasteiger partial charge in [0, 0.05) is 20.1 Å². The second-order valence-corrected chi connectivity index (χ2v) is 6.97. The molecule has 1 aliphatic heterocycles. The number of hydrogen-bond donors (Lipinski definition) is 1. The lowest BCUT2D eigenvalue weighted by Gasteiger charge is -2.30. The second-order valence-electron chi connectivity index (χ2n) is 6.97. The molecule has 1 saturated heterocycles. The van der Waals surface area contributed by atoms with E-state index in [1.54, 1.807) is 4.90 Å². The highest BCUT2D eigenvalue weighted by Crippen LogP contribution is 2.48. The van der Waals surface area contributed by atoms with Gasteiger partial charge in [0.2, 0.25) is 5.91 Å². The Balaban J connectivity index is 1.66. The summed E-state index contributed by atoms with van der Waals surface area (Å²) in [6, 6.07) is 0. The number of carbonyl (C=O) groups is 2. The van der Waals surface area contributed by atoms with Crippen LogP contribution in [-0.4, -0.2) is 60.5 Å². The molecule has 1 amide bonds. The first kappa shape index (κ1) is 14.6. The van der Waals surface area contributed by atoms with Gasteiger partial charge in [-0.15, -0.1) is 0 Å². The molecule has 5 nitrogen and oxygen atoms in total. The second kappa shape index (κ2) is 5.44. The summed E-state index contributed by atoms with van der Waals surface area (Å²) in [5.74, 6) is -0.998. The third kappa shape index (κ3) is 2.59. The van der Waals surface area contributed by atoms with E-state index in [1.165, 1.54) is 0 Å². The Labute approximate surface area is 125 Å². The highest BCUT2D eigenvalue weighted by molar-refractivity contribution is 5.86. The normalized spacial score (nSPS) is 38.1. The first-order valence-electron chi connectivity index (χ1n) is 7.82. The molecule has 0 aromatic carbocycles. The summed E-state index contributed by atoms with van der Waals surface area (Å²) in [6.07, 6.45) is 5.98. The van der Waals surface area contributed by atoms with Crippen LogP contribution in [-0.2, 0) is 9.59 Å². The van der Waals surface area contributed by atoms with Crippen LogP contribution >= 0.6 is 0 Å². The topological polar surface area (TPSA) is 60.9 Å². The van der Waals surface area contributed by atoms with Crippen molar-refractivity contribution in [1.82, 2.24) is 9.80 Å². The maximum atomic E-state index is 12.7. The summed E-state index contributed by atoms with van der Waals surface area (Å²) < 4.78 is 0. The van der Waals surface area contributed by atoms with Crippen molar-refractivity contribution in [1.29, 1.82) is 0 Å². The fraction of sp³-hybridized carbons (Fsp3) is 0.750. The van der Waals surface area contributed by atoms with Gasteiger partial charge in [-0.3, -0.25) is 9.59 Å². The quantitative estimate of drug-likeness (QED) is 0.783. The SMILES string of the molecule is CN1CCC(CN(C)C(=O)C2C3C=CC(C3)C2C(=O)O)C1. The molecule has 0 aromatic heterocycles. The van der Waals surface area contributed by atoms with Crippen LogP contribution < -0.4 is 0 Å². The lowest BCUT2D eigenvalue weighted by atomic mass is 9.82. The van der Waals surface area contributed by atoms with Crippen molar-refractivity contribution in [2.24, 2.45) is 29.6 Å². The van der Waals surface area contributed by atoms with Crippen molar-refractivity contribution < 1.29 is 14.7 Å². The predicted octanol–water partition coefficient (Wildman–Crippen LogP) is 0.919. The number of rotatable bonds is 4. The van der Waals surface area contributed by atoms with E-state index >= 15 is 0 Å². The maximum Gasteiger partial charge on any atom is 0.307 e. The summed E-state index contributed by atoms with van der Waals surface area (Å²) >= 11 is 0. The van der Waals surface area contributed by atoms with Crippen LogP contribution in [0.3, 0.4) is 0 Å². The van der Waals surface area contributed by atoms with E-state index in [1.807, 2.05) is 19.2 Å². The number of fused-ring (bicyclic) bond motifs is 2. The van der Waals surface area contributed by atoms with Crippen molar-refractivity contribution in [3.8, 4) is 0 Å². The molecule has 0 aromatic rings. The summed E-state index contributed by atoms with van der Waals surface area (Å²) in [7, 11) is 3.93. The average Bonchev–Trinajstić information content (AvgIpc) is 3.12. The van der Waals surface area contributed by atoms with Gasteiger partial charge in [0.05, 0.1) is 11.8 Å². The fourth-order valence-electron chi connectivity index (χ4n) is 4.40. The Morgan fingerprint density at radius 3 is 2.52 bits per heavy atom. The Kier molecular flexibility index (Phi) is 3.78. The Bertz CT molecular complexity index is 476. The average molecular weight is 292 g/mol. The summed E-state index contributed by atoms with van der Waals surface area (Å²) in [5, 5.41) is 9.44. The number of aliphatic carboxylic acids is 1. The molecule has 2 fully saturated rings. The van der Waals surface area contributed by atoms with Gasteiger partial charge in [-0.1, -0.05) is 12.2 Å². The summed E-state index contributed by atoms with van der Waals surface area (Å²) in [6.45, 7) is 2.85. The van der Waals surface area contributed by atoms with Crippen LogP contribution in [0.1, 0.15) is 12.8 Å². The Hall–Kier alpha value is -1.36. The molecule has 116 valence electrons. The number of hydrogen-bond acceptors (Lipinski definition) is 3. The van der Waals surface area contributed by atoms with Crippen molar-refractivity contribution in [2.45, 2.75) is 12.8 Å². The van der Waals surface area contributed by atoms with Gasteiger partial charge in [-0.25, -0.2) is 0 Å². The predicted molar refractivity (Wildman–Crippen MR) is 78.6 cm³/mol. The fourth-order valence-corrected chi connectivity index (χ4v) is 4.40. The van der Waals surface area contributed by atoms with Crippen molar-refractivity contribution >= 4 is 11.9 Å². The highest BCUT2D eigenvalue weighted by atomic mass is 16.4. The van der Waals surface area contributed by atoms with Gasteiger partial charge in [0.25, 0.3) is 0 Å². The number of nitrogens with zero attached hydrogens (tertiary/aromatic N) is 2. The lowest BCUT2D eigenvalue weighted by molar-refractivity contribution is -0.150. The van der Waals surface area contributed by atoms with Gasteiger partial charge in [-0.05, 0) is 44.2 Å². The number of carboxylic acid groups (broad SMARTS) is 1. The molecule has 21 heavy (non-hydrogen) atoms. The number of carboxylic acids is 1. The molecular formula is C16H24N2O3. The largest absolute Gasteiger partial charge is 0.481 e. The van der Waals surface area contributed by atoms with E-state index in [9.17, 15) is 14.7 Å². The van der Waals surface area contributed by atoms with E-state index in [-0.39, 0.29) is 23.7 Å². The molecule has 0 spiro atoms. The standard InChI is InChI=1S/C16H24N2O3/c1-17-6-5-10(8-17)9-18(2)15(19)13-11-3-4-12(7-11)14(13)16(20)21/h3-4,10-14H,5-9H2,1-2H3,(H,20,21). The molecule has 3 aliphatic rings. The van der Waals surface area contributed by atoms with E-state index in [0.717, 1.165) is 32.5 Å². The number of allylic oxidation sites excluding steroid dienone is 2. The van der Waals surface area contributed by atoms with Crippen LogP contribution in [0.25, 0.3) is 0 Å². The Morgan fingerprint density at radius 2 is 1.95 bits per heavy atom. The zero-order chi connectivity index (χ0) is 15.1. The molecule has 1 saturated carbocycles. The van der Waals surface area contributed by atoms with Crippen molar-refractivity contribution in [3.05, 3.63) is 12.2 Å². The molecule has 5 heteroatoms. The van der Waals surface area contributed by atoms with Crippen molar-refractivity contribution in [2.75, 3.05) is 33.7 Å². The van der Waals surface area contributed by atoms with E-state index < -0.39 is 11.9 Å². The number of amides is 1. The molecular weight excluding hydrogens is 268 g/mol. The number of likely N-dealkylation sites (tertiary alicyclic amines) is 1.